The Hall–Kier alpha value is -2.81. The molecule has 1 heterocycles. The normalized spacial score (nSPS) is 11.0. The smallest absolute Gasteiger partial charge is 0.266 e. The summed E-state index contributed by atoms with van der Waals surface area (Å²) in [6.07, 6.45) is 1.40. The average molecular weight is 428 g/mol. The molecule has 0 unspecified atom stereocenters. The lowest BCUT2D eigenvalue weighted by atomic mass is 10.2. The summed E-state index contributed by atoms with van der Waals surface area (Å²) < 4.78 is 6.51. The number of halogens is 2. The van der Waals surface area contributed by atoms with E-state index in [1.165, 1.54) is 6.08 Å². The minimum absolute atomic E-state index is 0.0522. The Balaban J connectivity index is 1.82. The van der Waals surface area contributed by atoms with Crippen LogP contribution in [0.15, 0.2) is 75.1 Å². The lowest BCUT2D eigenvalue weighted by Gasteiger charge is -2.03. The minimum Gasteiger partial charge on any atom is -0.457 e. The number of nitrogens with one attached hydrogen (secondary N) is 1. The molecule has 26 heavy (non-hydrogen) atoms. The van der Waals surface area contributed by atoms with E-state index in [9.17, 15) is 10.1 Å². The molecule has 1 N–H and O–H groups in total. The van der Waals surface area contributed by atoms with Gasteiger partial charge in [-0.15, -0.1) is 0 Å². The van der Waals surface area contributed by atoms with Crippen molar-refractivity contribution in [1.29, 1.82) is 5.26 Å². The summed E-state index contributed by atoms with van der Waals surface area (Å²) >= 11 is 9.44. The number of anilines is 1. The number of benzene rings is 2. The third-order valence-electron chi connectivity index (χ3n) is 3.51. The zero-order valence-corrected chi connectivity index (χ0v) is 15.7. The van der Waals surface area contributed by atoms with Crippen LogP contribution in [0.5, 0.6) is 0 Å². The summed E-state index contributed by atoms with van der Waals surface area (Å²) in [6.45, 7) is 0. The third-order valence-corrected chi connectivity index (χ3v) is 4.75. The van der Waals surface area contributed by atoms with Crippen molar-refractivity contribution in [2.45, 2.75) is 0 Å². The summed E-state index contributed by atoms with van der Waals surface area (Å²) in [5.74, 6) is 0.494. The summed E-state index contributed by atoms with van der Waals surface area (Å²) in [7, 11) is 0. The molecule has 1 amide bonds. The molecule has 0 bridgehead atoms. The molecule has 0 saturated heterocycles. The number of carbonyl (C=O) groups excluding carboxylic acids is 1. The van der Waals surface area contributed by atoms with Crippen LogP contribution in [0.3, 0.4) is 0 Å². The maximum atomic E-state index is 12.2. The maximum absolute atomic E-state index is 12.2. The largest absolute Gasteiger partial charge is 0.457 e. The van der Waals surface area contributed by atoms with Crippen LogP contribution in [0, 0.1) is 11.3 Å². The SMILES string of the molecule is N#CC(=Cc1ccc(-c2ccc(Br)c(Cl)c2)o1)C(=O)Nc1ccccc1. The van der Waals surface area contributed by atoms with Gasteiger partial charge in [0.15, 0.2) is 0 Å². The van der Waals surface area contributed by atoms with Crippen molar-refractivity contribution in [2.75, 3.05) is 5.32 Å². The van der Waals surface area contributed by atoms with Gasteiger partial charge < -0.3 is 9.73 Å². The lowest BCUT2D eigenvalue weighted by Crippen LogP contribution is -2.13. The second-order valence-electron chi connectivity index (χ2n) is 5.32. The van der Waals surface area contributed by atoms with E-state index >= 15 is 0 Å². The van der Waals surface area contributed by atoms with Gasteiger partial charge in [0.2, 0.25) is 0 Å². The van der Waals surface area contributed by atoms with Crippen molar-refractivity contribution in [3.8, 4) is 17.4 Å². The molecule has 0 aliphatic heterocycles. The molecule has 0 fully saturated rings. The fraction of sp³-hybridized carbons (Fsp3) is 0. The molecule has 1 aromatic heterocycles. The number of hydrogen-bond donors (Lipinski definition) is 1. The number of furan rings is 1. The highest BCUT2D eigenvalue weighted by atomic mass is 79.9. The average Bonchev–Trinajstić information content (AvgIpc) is 3.11. The third kappa shape index (κ3) is 4.23. The topological polar surface area (TPSA) is 66.0 Å². The first kappa shape index (κ1) is 18.0. The van der Waals surface area contributed by atoms with Gasteiger partial charge in [-0.1, -0.05) is 35.9 Å². The predicted molar refractivity (Wildman–Crippen MR) is 106 cm³/mol. The van der Waals surface area contributed by atoms with E-state index in [4.69, 9.17) is 16.0 Å². The van der Waals surface area contributed by atoms with Crippen LogP contribution in [-0.2, 0) is 4.79 Å². The first-order chi connectivity index (χ1) is 12.6. The van der Waals surface area contributed by atoms with E-state index in [0.717, 1.165) is 10.0 Å². The van der Waals surface area contributed by atoms with E-state index in [0.29, 0.717) is 22.2 Å². The van der Waals surface area contributed by atoms with Gasteiger partial charge in [-0.05, 0) is 52.3 Å². The van der Waals surface area contributed by atoms with Gasteiger partial charge in [-0.2, -0.15) is 5.26 Å². The maximum Gasteiger partial charge on any atom is 0.266 e. The summed E-state index contributed by atoms with van der Waals surface area (Å²) in [5, 5.41) is 12.5. The number of para-hydroxylation sites is 1. The second-order valence-corrected chi connectivity index (χ2v) is 6.58. The molecule has 3 rings (SSSR count). The Labute approximate surface area is 163 Å². The number of hydrogen-bond acceptors (Lipinski definition) is 3. The Bertz CT molecular complexity index is 1020. The molecule has 0 spiro atoms. The summed E-state index contributed by atoms with van der Waals surface area (Å²) in [4.78, 5) is 12.2. The van der Waals surface area contributed by atoms with Crippen molar-refractivity contribution in [3.05, 3.63) is 81.5 Å². The fourth-order valence-electron chi connectivity index (χ4n) is 2.25. The van der Waals surface area contributed by atoms with Gasteiger partial charge in [0.05, 0.1) is 5.02 Å². The Morgan fingerprint density at radius 3 is 2.62 bits per heavy atom. The molecule has 2 aromatic carbocycles. The van der Waals surface area contributed by atoms with E-state index in [1.807, 2.05) is 24.3 Å². The Kier molecular flexibility index (Phi) is 5.57. The number of rotatable bonds is 4. The molecule has 6 heteroatoms. The van der Waals surface area contributed by atoms with Gasteiger partial charge in [0.25, 0.3) is 5.91 Å². The highest BCUT2D eigenvalue weighted by molar-refractivity contribution is 9.10. The minimum atomic E-state index is -0.497. The van der Waals surface area contributed by atoms with E-state index in [-0.39, 0.29) is 5.57 Å². The van der Waals surface area contributed by atoms with Crippen LogP contribution < -0.4 is 5.32 Å². The van der Waals surface area contributed by atoms with Crippen LogP contribution in [0.2, 0.25) is 5.02 Å². The van der Waals surface area contributed by atoms with Crippen LogP contribution in [0.25, 0.3) is 17.4 Å². The zero-order chi connectivity index (χ0) is 18.5. The molecular formula is C20H12BrClN2O2. The van der Waals surface area contributed by atoms with E-state index < -0.39 is 5.91 Å². The van der Waals surface area contributed by atoms with Crippen molar-refractivity contribution in [3.63, 3.8) is 0 Å². The first-order valence-electron chi connectivity index (χ1n) is 7.60. The van der Waals surface area contributed by atoms with Crippen molar-refractivity contribution in [1.82, 2.24) is 0 Å². The molecule has 0 saturated carbocycles. The molecular weight excluding hydrogens is 416 g/mol. The van der Waals surface area contributed by atoms with Gasteiger partial charge in [0.1, 0.15) is 23.2 Å². The highest BCUT2D eigenvalue weighted by Crippen LogP contribution is 2.30. The molecule has 128 valence electrons. The molecule has 0 radical (unpaired) electrons. The Morgan fingerprint density at radius 2 is 1.92 bits per heavy atom. The van der Waals surface area contributed by atoms with Crippen molar-refractivity contribution < 1.29 is 9.21 Å². The number of amides is 1. The van der Waals surface area contributed by atoms with Gasteiger partial charge in [-0.3, -0.25) is 4.79 Å². The number of nitriles is 1. The van der Waals surface area contributed by atoms with Crippen LogP contribution in [0.4, 0.5) is 5.69 Å². The number of nitrogens with zero attached hydrogens (tertiary/aromatic N) is 1. The monoisotopic (exact) mass is 426 g/mol. The lowest BCUT2D eigenvalue weighted by molar-refractivity contribution is -0.112. The van der Waals surface area contributed by atoms with Crippen LogP contribution >= 0.6 is 27.5 Å². The molecule has 3 aromatic rings. The van der Waals surface area contributed by atoms with Gasteiger partial charge in [0, 0.05) is 21.8 Å². The fourth-order valence-corrected chi connectivity index (χ4v) is 2.67. The van der Waals surface area contributed by atoms with E-state index in [1.54, 1.807) is 42.5 Å². The zero-order valence-electron chi connectivity index (χ0n) is 13.4. The van der Waals surface area contributed by atoms with Gasteiger partial charge in [-0.25, -0.2) is 0 Å². The molecule has 4 nitrogen and oxygen atoms in total. The van der Waals surface area contributed by atoms with Crippen LogP contribution in [-0.4, -0.2) is 5.91 Å². The van der Waals surface area contributed by atoms with Crippen molar-refractivity contribution in [2.24, 2.45) is 0 Å². The second kappa shape index (κ2) is 8.05. The van der Waals surface area contributed by atoms with E-state index in [2.05, 4.69) is 21.2 Å². The standard InChI is InChI=1S/C20H12BrClN2O2/c21-17-8-6-13(11-18(17)22)19-9-7-16(26-19)10-14(12-23)20(25)24-15-4-2-1-3-5-15/h1-11H,(H,24,25). The quantitative estimate of drug-likeness (QED) is 0.416. The van der Waals surface area contributed by atoms with Gasteiger partial charge >= 0.3 is 0 Å². The highest BCUT2D eigenvalue weighted by Gasteiger charge is 2.12. The summed E-state index contributed by atoms with van der Waals surface area (Å²) in [5.41, 5.74) is 1.36. The van der Waals surface area contributed by atoms with Crippen molar-refractivity contribution >= 4 is 45.2 Å². The Morgan fingerprint density at radius 1 is 1.15 bits per heavy atom. The van der Waals surface area contributed by atoms with Crippen LogP contribution in [0.1, 0.15) is 5.76 Å². The number of carbonyl (C=O) groups is 1. The molecule has 0 aliphatic carbocycles. The first-order valence-corrected chi connectivity index (χ1v) is 8.77. The summed E-state index contributed by atoms with van der Waals surface area (Å²) in [6, 6.07) is 19.7. The molecule has 0 aliphatic rings. The predicted octanol–water partition coefficient (Wildman–Crippen LogP) is 5.91. The molecule has 0 atom stereocenters.